The summed E-state index contributed by atoms with van der Waals surface area (Å²) < 4.78 is 13.1. The number of aliphatic imine (C=N–C) groups is 1. The Balaban J connectivity index is 1.93. The van der Waals surface area contributed by atoms with Crippen molar-refractivity contribution in [1.82, 2.24) is 25.4 Å². The number of aryl methyl sites for hydroxylation is 2. The van der Waals surface area contributed by atoms with Crippen molar-refractivity contribution in [2.45, 2.75) is 39.8 Å². The molecule has 0 saturated heterocycles. The number of para-hydroxylation sites is 1. The van der Waals surface area contributed by atoms with E-state index in [1.807, 2.05) is 56.7 Å². The van der Waals surface area contributed by atoms with Crippen LogP contribution >= 0.6 is 0 Å². The summed E-state index contributed by atoms with van der Waals surface area (Å²) in [6.45, 7) is 8.55. The number of ether oxygens (including phenoxy) is 2. The van der Waals surface area contributed by atoms with Gasteiger partial charge in [-0.25, -0.2) is 4.99 Å². The van der Waals surface area contributed by atoms with Crippen LogP contribution in [0.1, 0.15) is 30.6 Å². The number of methoxy groups -OCH3 is 1. The van der Waals surface area contributed by atoms with Crippen LogP contribution in [0.25, 0.3) is 0 Å². The fourth-order valence-electron chi connectivity index (χ4n) is 2.52. The van der Waals surface area contributed by atoms with Gasteiger partial charge in [0.1, 0.15) is 24.2 Å². The van der Waals surface area contributed by atoms with Crippen LogP contribution in [-0.4, -0.2) is 53.6 Å². The van der Waals surface area contributed by atoms with E-state index in [1.165, 1.54) is 0 Å². The molecule has 1 heterocycles. The van der Waals surface area contributed by atoms with Crippen LogP contribution in [0.4, 0.5) is 0 Å². The Kier molecular flexibility index (Phi) is 8.74. The molecule has 8 nitrogen and oxygen atoms in total. The van der Waals surface area contributed by atoms with Crippen LogP contribution in [0, 0.1) is 13.8 Å². The molecule has 0 bridgehead atoms. The van der Waals surface area contributed by atoms with Crippen molar-refractivity contribution in [3.63, 3.8) is 0 Å². The third-order valence-corrected chi connectivity index (χ3v) is 4.36. The molecule has 0 radical (unpaired) electrons. The Morgan fingerprint density at radius 2 is 2.00 bits per heavy atom. The van der Waals surface area contributed by atoms with Crippen molar-refractivity contribution in [3.05, 3.63) is 41.5 Å². The van der Waals surface area contributed by atoms with E-state index in [4.69, 9.17) is 9.47 Å². The smallest absolute Gasteiger partial charge is 0.191 e. The van der Waals surface area contributed by atoms with Gasteiger partial charge in [-0.2, -0.15) is 0 Å². The number of hydrogen-bond donors (Lipinski definition) is 2. The predicted molar refractivity (Wildman–Crippen MR) is 111 cm³/mol. The zero-order valence-electron chi connectivity index (χ0n) is 17.5. The lowest BCUT2D eigenvalue weighted by atomic mass is 10.2. The number of nitrogens with zero attached hydrogens (tertiary/aromatic N) is 4. The molecule has 0 amide bonds. The van der Waals surface area contributed by atoms with E-state index >= 15 is 0 Å². The molecule has 28 heavy (non-hydrogen) atoms. The Hall–Kier alpha value is -2.61. The number of nitrogens with one attached hydrogen (secondary N) is 2. The van der Waals surface area contributed by atoms with Gasteiger partial charge in [0, 0.05) is 27.3 Å². The lowest BCUT2D eigenvalue weighted by Gasteiger charge is -2.19. The molecule has 1 aromatic carbocycles. The standard InChI is InChI=1S/C20H32N6O2/c1-15-9-6-7-10-18(15)28-16(2)13-22-20(21-11-8-12-27-5)23-14-19-25-24-17(3)26(19)4/h6-7,9-10,16H,8,11-14H2,1-5H3,(H2,21,22,23). The lowest BCUT2D eigenvalue weighted by molar-refractivity contribution is 0.195. The van der Waals surface area contributed by atoms with Crippen LogP contribution in [0.5, 0.6) is 5.75 Å². The molecule has 1 aromatic heterocycles. The van der Waals surface area contributed by atoms with E-state index in [1.54, 1.807) is 7.11 Å². The van der Waals surface area contributed by atoms with Crippen LogP contribution in [0.3, 0.4) is 0 Å². The number of guanidine groups is 1. The highest BCUT2D eigenvalue weighted by Crippen LogP contribution is 2.17. The van der Waals surface area contributed by atoms with Gasteiger partial charge in [-0.05, 0) is 38.8 Å². The quantitative estimate of drug-likeness (QED) is 0.368. The summed E-state index contributed by atoms with van der Waals surface area (Å²) in [4.78, 5) is 4.64. The normalized spacial score (nSPS) is 12.7. The summed E-state index contributed by atoms with van der Waals surface area (Å²) in [5.74, 6) is 3.31. The largest absolute Gasteiger partial charge is 0.489 e. The molecule has 0 fully saturated rings. The van der Waals surface area contributed by atoms with Crippen molar-refractivity contribution in [2.24, 2.45) is 12.0 Å². The van der Waals surface area contributed by atoms with Gasteiger partial charge in [0.05, 0.1) is 6.54 Å². The minimum atomic E-state index is -0.0100. The maximum Gasteiger partial charge on any atom is 0.191 e. The number of rotatable bonds is 10. The minimum absolute atomic E-state index is 0.0100. The van der Waals surface area contributed by atoms with Gasteiger partial charge in [-0.3, -0.25) is 0 Å². The van der Waals surface area contributed by atoms with Gasteiger partial charge in [-0.15, -0.1) is 10.2 Å². The number of hydrogen-bond acceptors (Lipinski definition) is 5. The van der Waals surface area contributed by atoms with Crippen LogP contribution in [0.2, 0.25) is 0 Å². The molecule has 2 aromatic rings. The number of benzene rings is 1. The minimum Gasteiger partial charge on any atom is -0.489 e. The molecule has 0 spiro atoms. The molecule has 154 valence electrons. The average Bonchev–Trinajstić information content (AvgIpc) is 3.00. The van der Waals surface area contributed by atoms with Gasteiger partial charge in [0.2, 0.25) is 0 Å². The first-order valence-corrected chi connectivity index (χ1v) is 9.59. The second kappa shape index (κ2) is 11.3. The molecule has 1 atom stereocenters. The topological polar surface area (TPSA) is 85.6 Å². The first-order chi connectivity index (χ1) is 13.5. The van der Waals surface area contributed by atoms with E-state index in [0.717, 1.165) is 41.9 Å². The molecule has 0 aliphatic heterocycles. The summed E-state index contributed by atoms with van der Waals surface area (Å²) in [7, 11) is 3.64. The molecular formula is C20H32N6O2. The van der Waals surface area contributed by atoms with E-state index in [9.17, 15) is 0 Å². The monoisotopic (exact) mass is 388 g/mol. The third kappa shape index (κ3) is 6.84. The van der Waals surface area contributed by atoms with E-state index in [0.29, 0.717) is 19.7 Å². The van der Waals surface area contributed by atoms with Crippen molar-refractivity contribution in [3.8, 4) is 5.75 Å². The molecule has 1 unspecified atom stereocenters. The maximum absolute atomic E-state index is 6.03. The summed E-state index contributed by atoms with van der Waals surface area (Å²) in [5, 5.41) is 14.9. The first kappa shape index (κ1) is 21.7. The van der Waals surface area contributed by atoms with Gasteiger partial charge in [0.25, 0.3) is 0 Å². The van der Waals surface area contributed by atoms with E-state index in [2.05, 4.69) is 25.8 Å². The van der Waals surface area contributed by atoms with Crippen LogP contribution in [-0.2, 0) is 18.3 Å². The SMILES string of the molecule is COCCCNC(=NCc1nnc(C)n1C)NCC(C)Oc1ccccc1C. The first-order valence-electron chi connectivity index (χ1n) is 9.59. The molecule has 2 N–H and O–H groups in total. The highest BCUT2D eigenvalue weighted by molar-refractivity contribution is 5.79. The van der Waals surface area contributed by atoms with Crippen molar-refractivity contribution in [1.29, 1.82) is 0 Å². The number of aromatic nitrogens is 3. The zero-order chi connectivity index (χ0) is 20.4. The molecule has 8 heteroatoms. The molecular weight excluding hydrogens is 356 g/mol. The maximum atomic E-state index is 6.03. The Bertz CT molecular complexity index is 759. The summed E-state index contributed by atoms with van der Waals surface area (Å²) in [6, 6.07) is 8.02. The molecule has 0 aliphatic carbocycles. The molecule has 0 aliphatic rings. The predicted octanol–water partition coefficient (Wildman–Crippen LogP) is 1.97. The van der Waals surface area contributed by atoms with Gasteiger partial charge < -0.3 is 24.7 Å². The second-order valence-electron chi connectivity index (χ2n) is 6.74. The molecule has 2 rings (SSSR count). The summed E-state index contributed by atoms with van der Waals surface area (Å²) in [5.41, 5.74) is 1.12. The van der Waals surface area contributed by atoms with Crippen molar-refractivity contribution < 1.29 is 9.47 Å². The van der Waals surface area contributed by atoms with Crippen LogP contribution in [0.15, 0.2) is 29.3 Å². The zero-order valence-corrected chi connectivity index (χ0v) is 17.5. The molecule has 0 saturated carbocycles. The second-order valence-corrected chi connectivity index (χ2v) is 6.74. The van der Waals surface area contributed by atoms with E-state index in [-0.39, 0.29) is 6.10 Å². The highest BCUT2D eigenvalue weighted by atomic mass is 16.5. The van der Waals surface area contributed by atoms with Gasteiger partial charge in [0.15, 0.2) is 11.8 Å². The summed E-state index contributed by atoms with van der Waals surface area (Å²) >= 11 is 0. The highest BCUT2D eigenvalue weighted by Gasteiger charge is 2.09. The van der Waals surface area contributed by atoms with Gasteiger partial charge in [-0.1, -0.05) is 18.2 Å². The summed E-state index contributed by atoms with van der Waals surface area (Å²) in [6.07, 6.45) is 0.888. The Labute approximate surface area is 167 Å². The van der Waals surface area contributed by atoms with Crippen LogP contribution < -0.4 is 15.4 Å². The van der Waals surface area contributed by atoms with Crippen molar-refractivity contribution >= 4 is 5.96 Å². The average molecular weight is 389 g/mol. The fraction of sp³-hybridized carbons (Fsp3) is 0.550. The lowest BCUT2D eigenvalue weighted by Crippen LogP contribution is -2.42. The van der Waals surface area contributed by atoms with Crippen molar-refractivity contribution in [2.75, 3.05) is 26.8 Å². The Morgan fingerprint density at radius 1 is 1.21 bits per heavy atom. The van der Waals surface area contributed by atoms with E-state index < -0.39 is 0 Å². The third-order valence-electron chi connectivity index (χ3n) is 4.36. The Morgan fingerprint density at radius 3 is 2.68 bits per heavy atom. The fourth-order valence-corrected chi connectivity index (χ4v) is 2.52. The van der Waals surface area contributed by atoms with Gasteiger partial charge >= 0.3 is 0 Å².